The number of carbonyl (C=O) groups is 1. The van der Waals surface area contributed by atoms with E-state index in [1.54, 1.807) is 7.11 Å². The highest BCUT2D eigenvalue weighted by Gasteiger charge is 2.41. The Bertz CT molecular complexity index is 1160. The van der Waals surface area contributed by atoms with Gasteiger partial charge in [0.05, 0.1) is 18.2 Å². The molecular formula is C26H33ClFN5O4. The quantitative estimate of drug-likeness (QED) is 0.586. The van der Waals surface area contributed by atoms with E-state index in [4.69, 9.17) is 26.1 Å². The summed E-state index contributed by atoms with van der Waals surface area (Å²) in [6.45, 7) is 6.16. The number of piperazine rings is 1. The maximum absolute atomic E-state index is 15.0. The molecule has 1 aromatic heterocycles. The minimum absolute atomic E-state index is 0.0147. The third-order valence-electron chi connectivity index (χ3n) is 7.65. The number of likely N-dealkylation sites (N-methyl/N-ethyl adjacent to an activating group) is 1. The van der Waals surface area contributed by atoms with E-state index in [1.807, 2.05) is 4.90 Å². The second-order valence-corrected chi connectivity index (χ2v) is 10.3. The number of aromatic hydroxyl groups is 1. The summed E-state index contributed by atoms with van der Waals surface area (Å²) in [5.74, 6) is -0.554. The maximum Gasteiger partial charge on any atom is 0.261 e. The molecule has 1 amide bonds. The Morgan fingerprint density at radius 1 is 1.35 bits per heavy atom. The molecule has 11 heteroatoms. The van der Waals surface area contributed by atoms with E-state index in [0.717, 1.165) is 13.0 Å². The number of benzene rings is 1. The number of fused-ring (bicyclic) bond motifs is 2. The number of carbonyl (C=O) groups excluding carboxylic acids is 1. The summed E-state index contributed by atoms with van der Waals surface area (Å²) in [5, 5.41) is 13.9. The van der Waals surface area contributed by atoms with Gasteiger partial charge in [-0.15, -0.1) is 0 Å². The number of pyridine rings is 1. The molecule has 2 fully saturated rings. The largest absolute Gasteiger partial charge is 0.507 e. The molecule has 3 aliphatic rings. The molecule has 2 saturated heterocycles. The van der Waals surface area contributed by atoms with E-state index in [2.05, 4.69) is 29.1 Å². The fraction of sp³-hybridized carbons (Fsp3) is 0.538. The van der Waals surface area contributed by atoms with Gasteiger partial charge in [0.15, 0.2) is 5.75 Å². The number of phenols is 1. The molecular weight excluding hydrogens is 501 g/mol. The number of ether oxygens (including phenoxy) is 2. The number of methoxy groups -OCH3 is 1. The van der Waals surface area contributed by atoms with Crippen LogP contribution >= 0.6 is 11.6 Å². The van der Waals surface area contributed by atoms with Crippen LogP contribution in [-0.4, -0.2) is 104 Å². The van der Waals surface area contributed by atoms with Crippen LogP contribution in [0.1, 0.15) is 23.7 Å². The zero-order valence-corrected chi connectivity index (χ0v) is 22.1. The first-order valence-corrected chi connectivity index (χ1v) is 13.0. The molecule has 3 atom stereocenters. The highest BCUT2D eigenvalue weighted by Crippen LogP contribution is 2.46. The van der Waals surface area contributed by atoms with Gasteiger partial charge in [0.1, 0.15) is 40.3 Å². The van der Waals surface area contributed by atoms with Crippen molar-refractivity contribution in [2.45, 2.75) is 31.5 Å². The first-order chi connectivity index (χ1) is 17.8. The number of anilines is 1. The number of halogens is 2. The van der Waals surface area contributed by atoms with Gasteiger partial charge in [0.25, 0.3) is 5.91 Å². The lowest BCUT2D eigenvalue weighted by Gasteiger charge is -2.34. The van der Waals surface area contributed by atoms with E-state index in [-0.39, 0.29) is 58.4 Å². The van der Waals surface area contributed by atoms with E-state index in [0.29, 0.717) is 44.2 Å². The van der Waals surface area contributed by atoms with Gasteiger partial charge in [0.2, 0.25) is 0 Å². The summed E-state index contributed by atoms with van der Waals surface area (Å²) < 4.78 is 26.4. The molecule has 37 heavy (non-hydrogen) atoms. The minimum Gasteiger partial charge on any atom is -0.507 e. The van der Waals surface area contributed by atoms with E-state index in [9.17, 15) is 9.90 Å². The molecule has 0 spiro atoms. The third kappa shape index (κ3) is 4.71. The van der Waals surface area contributed by atoms with Gasteiger partial charge >= 0.3 is 0 Å². The maximum atomic E-state index is 15.0. The van der Waals surface area contributed by atoms with Gasteiger partial charge in [-0.1, -0.05) is 17.7 Å². The first kappa shape index (κ1) is 26.0. The number of nitrogens with one attached hydrogen (secondary N) is 1. The smallest absolute Gasteiger partial charge is 0.261 e. The van der Waals surface area contributed by atoms with Crippen molar-refractivity contribution in [1.29, 1.82) is 0 Å². The van der Waals surface area contributed by atoms with Crippen molar-refractivity contribution < 1.29 is 23.8 Å². The highest BCUT2D eigenvalue weighted by molar-refractivity contribution is 6.35. The zero-order chi connectivity index (χ0) is 26.3. The average molecular weight is 534 g/mol. The lowest BCUT2D eigenvalue weighted by atomic mass is 10.1. The van der Waals surface area contributed by atoms with Crippen molar-refractivity contribution in [1.82, 2.24) is 20.1 Å². The fourth-order valence-electron chi connectivity index (χ4n) is 5.51. The Labute approximate surface area is 221 Å². The molecule has 3 aliphatic heterocycles. The number of aromatic nitrogens is 1. The molecule has 2 aromatic rings. The third-order valence-corrected chi connectivity index (χ3v) is 8.00. The summed E-state index contributed by atoms with van der Waals surface area (Å²) in [6, 6.07) is 4.14. The number of hydrogen-bond acceptors (Lipinski definition) is 8. The Balaban J connectivity index is 1.65. The monoisotopic (exact) mass is 533 g/mol. The van der Waals surface area contributed by atoms with Gasteiger partial charge in [0, 0.05) is 51.9 Å². The SMILES string of the molecule is COCCN(C)[C@H]1CC(C)N(c2nc(-c3c(O)cccc3F)c(Cl)c3c2C(=O)N2CCNC[C@@H]2CO3)C1. The van der Waals surface area contributed by atoms with Crippen molar-refractivity contribution in [2.24, 2.45) is 0 Å². The summed E-state index contributed by atoms with van der Waals surface area (Å²) in [7, 11) is 3.73. The molecule has 0 radical (unpaired) electrons. The average Bonchev–Trinajstić information content (AvgIpc) is 3.20. The molecule has 200 valence electrons. The predicted molar refractivity (Wildman–Crippen MR) is 139 cm³/mol. The van der Waals surface area contributed by atoms with Gasteiger partial charge < -0.3 is 29.7 Å². The van der Waals surface area contributed by atoms with Crippen LogP contribution in [0.25, 0.3) is 11.3 Å². The molecule has 5 rings (SSSR count). The fourth-order valence-corrected chi connectivity index (χ4v) is 5.80. The van der Waals surface area contributed by atoms with Crippen LogP contribution in [0, 0.1) is 5.82 Å². The van der Waals surface area contributed by atoms with Crippen LogP contribution in [0.3, 0.4) is 0 Å². The van der Waals surface area contributed by atoms with Crippen LogP contribution in [0.4, 0.5) is 10.2 Å². The topological polar surface area (TPSA) is 90.4 Å². The zero-order valence-electron chi connectivity index (χ0n) is 21.3. The van der Waals surface area contributed by atoms with Gasteiger partial charge in [-0.05, 0) is 32.5 Å². The van der Waals surface area contributed by atoms with Crippen molar-refractivity contribution in [3.05, 3.63) is 34.6 Å². The van der Waals surface area contributed by atoms with E-state index >= 15 is 4.39 Å². The Morgan fingerprint density at radius 2 is 2.16 bits per heavy atom. The van der Waals surface area contributed by atoms with E-state index in [1.165, 1.54) is 18.2 Å². The Kier molecular flexibility index (Phi) is 7.44. The van der Waals surface area contributed by atoms with Gasteiger partial charge in [-0.25, -0.2) is 9.37 Å². The number of phenolic OH excluding ortho intramolecular Hbond substituents is 1. The lowest BCUT2D eigenvalue weighted by Crippen LogP contribution is -2.55. The van der Waals surface area contributed by atoms with E-state index < -0.39 is 5.82 Å². The normalized spacial score (nSPS) is 23.6. The number of amides is 1. The van der Waals surface area contributed by atoms with Crippen LogP contribution in [0.15, 0.2) is 18.2 Å². The van der Waals surface area contributed by atoms with Gasteiger partial charge in [-0.2, -0.15) is 0 Å². The highest BCUT2D eigenvalue weighted by atomic mass is 35.5. The van der Waals surface area contributed by atoms with Crippen LogP contribution in [0.2, 0.25) is 5.02 Å². The van der Waals surface area contributed by atoms with Crippen molar-refractivity contribution in [3.63, 3.8) is 0 Å². The number of rotatable bonds is 6. The minimum atomic E-state index is -0.659. The predicted octanol–water partition coefficient (Wildman–Crippen LogP) is 2.60. The molecule has 0 saturated carbocycles. The molecule has 0 aliphatic carbocycles. The molecule has 2 N–H and O–H groups in total. The molecule has 1 unspecified atom stereocenters. The standard InChI is InChI=1S/C26H33ClFN5O4/c1-15-11-16(31(2)9-10-36-3)13-33(15)25-21-24(37-14-17-12-29-7-8-32(17)26(21)35)22(27)23(30-25)20-18(28)5-4-6-19(20)34/h4-6,15-17,29,34H,7-14H2,1-3H3/t15?,16-,17+/m0/s1. The lowest BCUT2D eigenvalue weighted by molar-refractivity contribution is 0.0606. The van der Waals surface area contributed by atoms with Gasteiger partial charge in [-0.3, -0.25) is 9.69 Å². The summed E-state index contributed by atoms with van der Waals surface area (Å²) in [4.78, 5) is 24.9. The summed E-state index contributed by atoms with van der Waals surface area (Å²) >= 11 is 6.80. The Hall–Kier alpha value is -2.66. The summed E-state index contributed by atoms with van der Waals surface area (Å²) in [6.07, 6.45) is 0.852. The van der Waals surface area contributed by atoms with Crippen molar-refractivity contribution >= 4 is 23.3 Å². The number of hydrogen-bond donors (Lipinski definition) is 2. The van der Waals surface area contributed by atoms with Crippen LogP contribution in [0.5, 0.6) is 11.5 Å². The Morgan fingerprint density at radius 3 is 2.92 bits per heavy atom. The number of nitrogens with zero attached hydrogens (tertiary/aromatic N) is 4. The van der Waals surface area contributed by atoms with Crippen molar-refractivity contribution in [3.8, 4) is 22.8 Å². The molecule has 4 heterocycles. The van der Waals surface area contributed by atoms with Crippen LogP contribution in [-0.2, 0) is 4.74 Å². The summed E-state index contributed by atoms with van der Waals surface area (Å²) in [5.41, 5.74) is 0.234. The van der Waals surface area contributed by atoms with Crippen molar-refractivity contribution in [2.75, 3.05) is 65.0 Å². The molecule has 1 aromatic carbocycles. The molecule has 9 nitrogen and oxygen atoms in total. The second-order valence-electron chi connectivity index (χ2n) is 9.97. The second kappa shape index (κ2) is 10.6. The first-order valence-electron chi connectivity index (χ1n) is 12.6. The van der Waals surface area contributed by atoms with Crippen LogP contribution < -0.4 is 15.0 Å². The molecule has 0 bridgehead atoms.